The Morgan fingerprint density at radius 2 is 1.89 bits per heavy atom. The summed E-state index contributed by atoms with van der Waals surface area (Å²) in [4.78, 5) is 9.56. The van der Waals surface area contributed by atoms with E-state index >= 15 is 0 Å². The van der Waals surface area contributed by atoms with E-state index in [0.717, 1.165) is 18.4 Å². The Bertz CT molecular complexity index is 678. The monoisotopic (exact) mass is 309 g/mol. The van der Waals surface area contributed by atoms with E-state index in [0.29, 0.717) is 0 Å². The number of non-ortho nitro benzene ring substituents is 1. The van der Waals surface area contributed by atoms with E-state index in [1.165, 1.54) is 12.1 Å². The fraction of sp³-hybridized carbons (Fsp3) is 0.333. The van der Waals surface area contributed by atoms with Crippen LogP contribution in [0.3, 0.4) is 0 Å². The van der Waals surface area contributed by atoms with Gasteiger partial charge >= 0.3 is 0 Å². The van der Waals surface area contributed by atoms with Gasteiger partial charge in [-0.05, 0) is 6.07 Å². The van der Waals surface area contributed by atoms with Gasteiger partial charge in [0.25, 0.3) is 15.8 Å². The van der Waals surface area contributed by atoms with E-state index in [9.17, 15) is 26.9 Å². The third kappa shape index (κ3) is 4.93. The summed E-state index contributed by atoms with van der Waals surface area (Å²) in [5.74, 6) is -0.582. The first-order valence-electron chi connectivity index (χ1n) is 4.93. The van der Waals surface area contributed by atoms with Gasteiger partial charge in [-0.2, -0.15) is 8.42 Å². The van der Waals surface area contributed by atoms with Crippen LogP contribution in [0.5, 0.6) is 0 Å². The Morgan fingerprint density at radius 3 is 2.42 bits per heavy atom. The minimum atomic E-state index is -3.83. The number of rotatable bonds is 6. The maximum Gasteiger partial charge on any atom is 0.270 e. The van der Waals surface area contributed by atoms with Crippen LogP contribution in [0.25, 0.3) is 0 Å². The van der Waals surface area contributed by atoms with Crippen LogP contribution in [0.2, 0.25) is 0 Å². The zero-order valence-electron chi connectivity index (χ0n) is 9.85. The minimum Gasteiger partial charge on any atom is -0.269 e. The van der Waals surface area contributed by atoms with Gasteiger partial charge in [-0.15, -0.1) is 0 Å². The lowest BCUT2D eigenvalue weighted by Gasteiger charge is -2.04. The first kappa shape index (κ1) is 15.5. The molecule has 0 bridgehead atoms. The summed E-state index contributed by atoms with van der Waals surface area (Å²) in [6, 6.07) is 4.51. The van der Waals surface area contributed by atoms with Crippen LogP contribution in [-0.4, -0.2) is 40.4 Å². The highest BCUT2D eigenvalue weighted by Gasteiger charge is 2.18. The molecule has 0 aliphatic heterocycles. The summed E-state index contributed by atoms with van der Waals surface area (Å²) in [7, 11) is -7.56. The molecular weight excluding hydrogens is 298 g/mol. The molecule has 8 nitrogen and oxygen atoms in total. The van der Waals surface area contributed by atoms with Crippen molar-refractivity contribution in [3.05, 3.63) is 34.4 Å². The fourth-order valence-corrected chi connectivity index (χ4v) is 2.82. The number of hydrogen-bond acceptors (Lipinski definition) is 7. The van der Waals surface area contributed by atoms with Gasteiger partial charge in [-0.25, -0.2) is 8.42 Å². The minimum absolute atomic E-state index is 0.251. The molecule has 10 heteroatoms. The summed E-state index contributed by atoms with van der Waals surface area (Å²) in [6.07, 6.45) is 0.799. The van der Waals surface area contributed by atoms with Crippen molar-refractivity contribution in [3.8, 4) is 0 Å². The van der Waals surface area contributed by atoms with Crippen molar-refractivity contribution in [2.24, 2.45) is 0 Å². The number of sulfone groups is 1. The van der Waals surface area contributed by atoms with E-state index in [2.05, 4.69) is 4.18 Å². The largest absolute Gasteiger partial charge is 0.270 e. The quantitative estimate of drug-likeness (QED) is 0.422. The third-order valence-electron chi connectivity index (χ3n) is 2.04. The number of nitro groups is 1. The molecule has 0 amide bonds. The predicted octanol–water partition coefficient (Wildman–Crippen LogP) is 0.345. The van der Waals surface area contributed by atoms with Crippen LogP contribution in [-0.2, 0) is 24.1 Å². The molecule has 0 fully saturated rings. The number of hydrogen-bond donors (Lipinski definition) is 0. The lowest BCUT2D eigenvalue weighted by atomic mass is 10.3. The number of nitro benzene ring substituents is 1. The van der Waals surface area contributed by atoms with Gasteiger partial charge in [0.1, 0.15) is 0 Å². The molecule has 0 radical (unpaired) electrons. The predicted molar refractivity (Wildman–Crippen MR) is 65.9 cm³/mol. The molecule has 1 aromatic rings. The lowest BCUT2D eigenvalue weighted by molar-refractivity contribution is -0.385. The fourth-order valence-electron chi connectivity index (χ4n) is 1.20. The average molecular weight is 309 g/mol. The van der Waals surface area contributed by atoms with Crippen molar-refractivity contribution in [1.82, 2.24) is 0 Å². The summed E-state index contributed by atoms with van der Waals surface area (Å²) in [5.41, 5.74) is -0.356. The van der Waals surface area contributed by atoms with Crippen molar-refractivity contribution in [3.63, 3.8) is 0 Å². The van der Waals surface area contributed by atoms with Crippen LogP contribution in [0.15, 0.2) is 29.2 Å². The highest BCUT2D eigenvalue weighted by molar-refractivity contribution is 7.91. The Labute approximate surface area is 110 Å². The molecule has 0 saturated heterocycles. The zero-order valence-corrected chi connectivity index (χ0v) is 11.5. The SMILES string of the molecule is CS(=O)(=O)OCCS(=O)(=O)c1cccc([N+](=O)[O-])c1. The van der Waals surface area contributed by atoms with Crippen LogP contribution < -0.4 is 0 Å². The maximum atomic E-state index is 11.8. The Balaban J connectivity index is 2.89. The topological polar surface area (TPSA) is 121 Å². The molecule has 0 heterocycles. The molecule has 106 valence electrons. The van der Waals surface area contributed by atoms with Crippen molar-refractivity contribution in [2.45, 2.75) is 4.90 Å². The molecule has 0 aliphatic rings. The second-order valence-corrected chi connectivity index (χ2v) is 7.35. The second-order valence-electron chi connectivity index (χ2n) is 3.60. The van der Waals surface area contributed by atoms with Gasteiger partial charge in [0.15, 0.2) is 9.84 Å². The van der Waals surface area contributed by atoms with Crippen molar-refractivity contribution >= 4 is 25.6 Å². The van der Waals surface area contributed by atoms with Crippen molar-refractivity contribution in [2.75, 3.05) is 18.6 Å². The Morgan fingerprint density at radius 1 is 1.26 bits per heavy atom. The normalized spacial score (nSPS) is 12.3. The highest BCUT2D eigenvalue weighted by Crippen LogP contribution is 2.18. The van der Waals surface area contributed by atoms with Gasteiger partial charge < -0.3 is 0 Å². The summed E-state index contributed by atoms with van der Waals surface area (Å²) in [5, 5.41) is 10.5. The van der Waals surface area contributed by atoms with Gasteiger partial charge in [0.05, 0.1) is 28.4 Å². The van der Waals surface area contributed by atoms with E-state index in [4.69, 9.17) is 0 Å². The smallest absolute Gasteiger partial charge is 0.269 e. The molecule has 1 rings (SSSR count). The van der Waals surface area contributed by atoms with Gasteiger partial charge in [-0.1, -0.05) is 6.07 Å². The Hall–Kier alpha value is -1.52. The molecular formula is C9H11NO7S2. The molecule has 0 saturated carbocycles. The van der Waals surface area contributed by atoms with Crippen molar-refractivity contribution in [1.29, 1.82) is 0 Å². The Kier molecular flexibility index (Phi) is 4.61. The summed E-state index contributed by atoms with van der Waals surface area (Å²) < 4.78 is 49.3. The summed E-state index contributed by atoms with van der Waals surface area (Å²) >= 11 is 0. The first-order valence-corrected chi connectivity index (χ1v) is 8.40. The van der Waals surface area contributed by atoms with Crippen LogP contribution in [0, 0.1) is 10.1 Å². The second kappa shape index (κ2) is 5.63. The van der Waals surface area contributed by atoms with Gasteiger partial charge in [0.2, 0.25) is 0 Å². The maximum absolute atomic E-state index is 11.8. The van der Waals surface area contributed by atoms with Crippen LogP contribution in [0.1, 0.15) is 0 Å². The van der Waals surface area contributed by atoms with Gasteiger partial charge in [0, 0.05) is 12.1 Å². The van der Waals surface area contributed by atoms with E-state index in [-0.39, 0.29) is 10.6 Å². The lowest BCUT2D eigenvalue weighted by Crippen LogP contribution is -2.15. The molecule has 0 aliphatic carbocycles. The molecule has 0 atom stereocenters. The molecule has 19 heavy (non-hydrogen) atoms. The summed E-state index contributed by atoms with van der Waals surface area (Å²) in [6.45, 7) is -0.538. The average Bonchev–Trinajstić information content (AvgIpc) is 2.27. The van der Waals surface area contributed by atoms with Gasteiger partial charge in [-0.3, -0.25) is 14.3 Å². The van der Waals surface area contributed by atoms with E-state index in [1.807, 2.05) is 0 Å². The molecule has 0 aromatic heterocycles. The first-order chi connectivity index (χ1) is 8.62. The highest BCUT2D eigenvalue weighted by atomic mass is 32.2. The molecule has 0 spiro atoms. The molecule has 0 N–H and O–H groups in total. The third-order valence-corrected chi connectivity index (χ3v) is 4.31. The van der Waals surface area contributed by atoms with Crippen molar-refractivity contribution < 1.29 is 25.9 Å². The zero-order chi connectivity index (χ0) is 14.7. The number of benzene rings is 1. The van der Waals surface area contributed by atoms with E-state index in [1.54, 1.807) is 0 Å². The molecule has 1 aromatic carbocycles. The number of nitrogens with zero attached hydrogens (tertiary/aromatic N) is 1. The molecule has 0 unspecified atom stereocenters. The van der Waals surface area contributed by atoms with Crippen LogP contribution in [0.4, 0.5) is 5.69 Å². The standard InChI is InChI=1S/C9H11NO7S2/c1-18(13,14)17-5-6-19(15,16)9-4-2-3-8(7-9)10(11)12/h2-4,7H,5-6H2,1H3. The van der Waals surface area contributed by atoms with Crippen LogP contribution >= 0.6 is 0 Å². The van der Waals surface area contributed by atoms with E-state index < -0.39 is 37.2 Å².